The molecule has 1 heterocycles. The summed E-state index contributed by atoms with van der Waals surface area (Å²) in [6, 6.07) is 2.96. The van der Waals surface area contributed by atoms with Crippen LogP contribution in [0.25, 0.3) is 0 Å². The summed E-state index contributed by atoms with van der Waals surface area (Å²) < 4.78 is 36.7. The first-order chi connectivity index (χ1) is 10.2. The molecule has 0 unspecified atom stereocenters. The van der Waals surface area contributed by atoms with Crippen molar-refractivity contribution in [2.75, 3.05) is 18.9 Å². The Hall–Kier alpha value is -2.00. The average molecular weight is 338 g/mol. The minimum absolute atomic E-state index is 0.0174. The molecule has 2 amide bonds. The molecule has 0 aliphatic carbocycles. The van der Waals surface area contributed by atoms with Gasteiger partial charge in [0.15, 0.2) is 0 Å². The van der Waals surface area contributed by atoms with Crippen LogP contribution in [0.2, 0.25) is 5.02 Å². The molecule has 10 heteroatoms. The molecule has 3 N–H and O–H groups in total. The fraction of sp³-hybridized carbons (Fsp3) is 0.333. The number of benzene rings is 1. The highest BCUT2D eigenvalue weighted by atomic mass is 35.5. The van der Waals surface area contributed by atoms with Gasteiger partial charge in [0.05, 0.1) is 10.6 Å². The number of carbonyl (C=O) groups is 2. The predicted molar refractivity (Wildman–Crippen MR) is 70.8 cm³/mol. The molecule has 1 saturated heterocycles. The van der Waals surface area contributed by atoms with Gasteiger partial charge in [0.1, 0.15) is 19.2 Å². The van der Waals surface area contributed by atoms with Gasteiger partial charge in [-0.1, -0.05) is 11.6 Å². The Bertz CT molecular complexity index is 609. The van der Waals surface area contributed by atoms with Gasteiger partial charge in [-0.15, -0.1) is 0 Å². The van der Waals surface area contributed by atoms with E-state index < -0.39 is 30.6 Å². The number of hydroxylamine groups is 2. The molecule has 2 rings (SSSR count). The maximum atomic E-state index is 12.2. The Morgan fingerprint density at radius 1 is 1.50 bits per heavy atom. The lowest BCUT2D eigenvalue weighted by atomic mass is 10.1. The normalized spacial score (nSPS) is 18.6. The van der Waals surface area contributed by atoms with E-state index in [1.807, 2.05) is 0 Å². The third-order valence-electron chi connectivity index (χ3n) is 2.80. The van der Waals surface area contributed by atoms with E-state index in [0.29, 0.717) is 0 Å². The molecule has 0 bridgehead atoms. The van der Waals surface area contributed by atoms with Gasteiger partial charge in [-0.25, -0.2) is 5.06 Å². The number of halogens is 4. The number of alkyl halides is 3. The third kappa shape index (κ3) is 3.80. The first-order valence-electron chi connectivity index (χ1n) is 6.04. The zero-order valence-corrected chi connectivity index (χ0v) is 11.7. The third-order valence-corrected chi connectivity index (χ3v) is 3.13. The molecule has 0 saturated carbocycles. The molecular weight excluding hydrogens is 327 g/mol. The van der Waals surface area contributed by atoms with E-state index in [9.17, 15) is 22.8 Å². The van der Waals surface area contributed by atoms with E-state index in [1.165, 1.54) is 18.2 Å². The smallest absolute Gasteiger partial charge is 0.399 e. The van der Waals surface area contributed by atoms with Crippen molar-refractivity contribution in [3.63, 3.8) is 0 Å². The topological polar surface area (TPSA) is 84.7 Å². The lowest BCUT2D eigenvalue weighted by Gasteiger charge is -2.16. The largest absolute Gasteiger partial charge is 0.408 e. The number of nitrogens with two attached hydrogens (primary N) is 1. The van der Waals surface area contributed by atoms with Gasteiger partial charge in [0, 0.05) is 5.69 Å². The van der Waals surface area contributed by atoms with Crippen LogP contribution in [0.1, 0.15) is 10.4 Å². The van der Waals surface area contributed by atoms with Crippen LogP contribution in [-0.2, 0) is 9.63 Å². The Morgan fingerprint density at radius 2 is 2.18 bits per heavy atom. The fourth-order valence-electron chi connectivity index (χ4n) is 1.82. The minimum atomic E-state index is -4.59. The summed E-state index contributed by atoms with van der Waals surface area (Å²) in [5.41, 5.74) is 5.83. The van der Waals surface area contributed by atoms with Crippen LogP contribution in [0.15, 0.2) is 18.2 Å². The molecule has 1 aromatic carbocycles. The Labute approximate surface area is 127 Å². The SMILES string of the molecule is Nc1ccc(Cl)c(C(=O)N[C@@H]2CON(CC(F)(F)F)C2=O)c1. The molecule has 1 atom stereocenters. The maximum absolute atomic E-state index is 12.2. The highest BCUT2D eigenvalue weighted by Gasteiger charge is 2.41. The summed E-state index contributed by atoms with van der Waals surface area (Å²) in [4.78, 5) is 28.4. The molecular formula is C12H11ClF3N3O3. The number of nitrogen functional groups attached to an aromatic ring is 1. The van der Waals surface area contributed by atoms with Crippen LogP contribution in [0.5, 0.6) is 0 Å². The van der Waals surface area contributed by atoms with Crippen molar-refractivity contribution >= 4 is 29.1 Å². The molecule has 0 aromatic heterocycles. The van der Waals surface area contributed by atoms with Gasteiger partial charge in [-0.3, -0.25) is 14.4 Å². The van der Waals surface area contributed by atoms with Crippen LogP contribution >= 0.6 is 11.6 Å². The Kier molecular flexibility index (Phi) is 4.47. The number of anilines is 1. The van der Waals surface area contributed by atoms with Gasteiger partial charge in [-0.05, 0) is 18.2 Å². The number of hydrogen-bond acceptors (Lipinski definition) is 4. The molecule has 22 heavy (non-hydrogen) atoms. The van der Waals surface area contributed by atoms with Gasteiger partial charge in [0.2, 0.25) is 0 Å². The van der Waals surface area contributed by atoms with Crippen molar-refractivity contribution in [3.05, 3.63) is 28.8 Å². The molecule has 1 aliphatic rings. The van der Waals surface area contributed by atoms with Gasteiger partial charge in [0.25, 0.3) is 11.8 Å². The maximum Gasteiger partial charge on any atom is 0.408 e. The summed E-state index contributed by atoms with van der Waals surface area (Å²) in [5.74, 6) is -1.71. The number of nitrogens with zero attached hydrogens (tertiary/aromatic N) is 1. The zero-order chi connectivity index (χ0) is 16.5. The molecule has 1 aromatic rings. The Morgan fingerprint density at radius 3 is 2.82 bits per heavy atom. The zero-order valence-electron chi connectivity index (χ0n) is 11.0. The van der Waals surface area contributed by atoms with Gasteiger partial charge in [-0.2, -0.15) is 13.2 Å². The van der Waals surface area contributed by atoms with Gasteiger partial charge >= 0.3 is 6.18 Å². The van der Waals surface area contributed by atoms with Crippen molar-refractivity contribution in [2.24, 2.45) is 0 Å². The van der Waals surface area contributed by atoms with Crippen molar-refractivity contribution in [1.82, 2.24) is 10.4 Å². The van der Waals surface area contributed by atoms with E-state index in [-0.39, 0.29) is 27.9 Å². The number of rotatable bonds is 3. The van der Waals surface area contributed by atoms with E-state index in [1.54, 1.807) is 0 Å². The summed E-state index contributed by atoms with van der Waals surface area (Å²) in [7, 11) is 0. The number of carbonyl (C=O) groups excluding carboxylic acids is 2. The van der Waals surface area contributed by atoms with Crippen molar-refractivity contribution in [1.29, 1.82) is 0 Å². The second-order valence-corrected chi connectivity index (χ2v) is 4.96. The van der Waals surface area contributed by atoms with Crippen LogP contribution in [0.3, 0.4) is 0 Å². The van der Waals surface area contributed by atoms with E-state index in [2.05, 4.69) is 10.2 Å². The lowest BCUT2D eigenvalue weighted by Crippen LogP contribution is -2.44. The van der Waals surface area contributed by atoms with E-state index >= 15 is 0 Å². The van der Waals surface area contributed by atoms with E-state index in [0.717, 1.165) is 0 Å². The quantitative estimate of drug-likeness (QED) is 0.816. The van der Waals surface area contributed by atoms with E-state index in [4.69, 9.17) is 17.3 Å². The molecule has 0 spiro atoms. The average Bonchev–Trinajstić information content (AvgIpc) is 2.72. The molecule has 120 valence electrons. The molecule has 0 radical (unpaired) electrons. The highest BCUT2D eigenvalue weighted by molar-refractivity contribution is 6.34. The van der Waals surface area contributed by atoms with Crippen molar-refractivity contribution in [3.8, 4) is 0 Å². The first kappa shape index (κ1) is 16.4. The van der Waals surface area contributed by atoms with Crippen molar-refractivity contribution in [2.45, 2.75) is 12.2 Å². The Balaban J connectivity index is 2.04. The minimum Gasteiger partial charge on any atom is -0.399 e. The van der Waals surface area contributed by atoms with Gasteiger partial charge < -0.3 is 11.1 Å². The van der Waals surface area contributed by atoms with Crippen LogP contribution in [0, 0.1) is 0 Å². The molecule has 1 fully saturated rings. The lowest BCUT2D eigenvalue weighted by molar-refractivity contribution is -0.214. The predicted octanol–water partition coefficient (Wildman–Crippen LogP) is 1.36. The standard InChI is InChI=1S/C12H11ClF3N3O3/c13-8-2-1-6(17)3-7(8)10(20)18-9-4-22-19(11(9)21)5-12(14,15)16/h1-3,9H,4-5,17H2,(H,18,20)/t9-/m1/s1. The number of amides is 2. The molecule has 6 nitrogen and oxygen atoms in total. The van der Waals surface area contributed by atoms with Crippen LogP contribution in [0.4, 0.5) is 18.9 Å². The summed E-state index contributed by atoms with van der Waals surface area (Å²) in [5, 5.41) is 2.54. The second kappa shape index (κ2) is 6.01. The second-order valence-electron chi connectivity index (χ2n) is 4.55. The van der Waals surface area contributed by atoms with Crippen LogP contribution < -0.4 is 11.1 Å². The van der Waals surface area contributed by atoms with Crippen molar-refractivity contribution < 1.29 is 27.6 Å². The highest BCUT2D eigenvalue weighted by Crippen LogP contribution is 2.21. The first-order valence-corrected chi connectivity index (χ1v) is 6.42. The summed E-state index contributed by atoms with van der Waals surface area (Å²) in [6.45, 7) is -1.93. The summed E-state index contributed by atoms with van der Waals surface area (Å²) in [6.07, 6.45) is -4.59. The monoisotopic (exact) mass is 337 g/mol. The fourth-order valence-corrected chi connectivity index (χ4v) is 2.02. The van der Waals surface area contributed by atoms with Crippen LogP contribution in [-0.4, -0.2) is 42.2 Å². The number of nitrogens with one attached hydrogen (secondary N) is 1. The molecule has 1 aliphatic heterocycles. The number of hydrogen-bond donors (Lipinski definition) is 2. The summed E-state index contributed by atoms with van der Waals surface area (Å²) >= 11 is 5.84.